The van der Waals surface area contributed by atoms with Crippen LogP contribution >= 0.6 is 0 Å². The number of hydrogen-bond acceptors (Lipinski definition) is 2. The van der Waals surface area contributed by atoms with Crippen LogP contribution in [0.3, 0.4) is 0 Å². The number of benzene rings is 9. The van der Waals surface area contributed by atoms with Gasteiger partial charge in [0, 0.05) is 32.7 Å². The Labute approximate surface area is 355 Å². The van der Waals surface area contributed by atoms with Crippen LogP contribution in [-0.2, 0) is 0 Å². The van der Waals surface area contributed by atoms with E-state index >= 15 is 0 Å². The van der Waals surface area contributed by atoms with E-state index < -0.39 is 0 Å². The van der Waals surface area contributed by atoms with E-state index in [-0.39, 0.29) is 29.6 Å². The third-order valence-electron chi connectivity index (χ3n) is 9.88. The summed E-state index contributed by atoms with van der Waals surface area (Å²) < 4.78 is 12.1. The minimum Gasteiger partial charge on any atom is -0.455 e. The first-order chi connectivity index (χ1) is 27.8. The molecule has 9 aromatic carbocycles. The number of hydrogen-bond donors (Lipinski definition) is 0. The summed E-state index contributed by atoms with van der Waals surface area (Å²) in [6.07, 6.45) is 0. The SMILES string of the molecule is [Na+].[c-]1ccc(-c2cccc3c2oc2ccccc23)cc1.[c-]1ccc(-c2cccc3c2oc2ccccc23)cc1.[c-]1ccccc1-c1ccc(-c2ccccc2)cc1. The molecule has 0 atom stereocenters. The average molecular weight is 739 g/mol. The molecule has 11 aromatic rings. The molecule has 11 rings (SSSR count). The van der Waals surface area contributed by atoms with Gasteiger partial charge >= 0.3 is 29.6 Å². The van der Waals surface area contributed by atoms with E-state index in [2.05, 4.69) is 146 Å². The monoisotopic (exact) mass is 738 g/mol. The first-order valence-electron chi connectivity index (χ1n) is 18.7. The molecule has 0 saturated heterocycles. The summed E-state index contributed by atoms with van der Waals surface area (Å²) in [6, 6.07) is 81.3. The Morgan fingerprint density at radius 3 is 1.25 bits per heavy atom. The van der Waals surface area contributed by atoms with Crippen LogP contribution in [-0.4, -0.2) is 0 Å². The van der Waals surface area contributed by atoms with Gasteiger partial charge in [-0.15, -0.1) is 47.0 Å². The Hall–Kier alpha value is -6.42. The summed E-state index contributed by atoms with van der Waals surface area (Å²) in [4.78, 5) is 0. The van der Waals surface area contributed by atoms with Gasteiger partial charge in [0.15, 0.2) is 0 Å². The van der Waals surface area contributed by atoms with Crippen molar-refractivity contribution in [2.45, 2.75) is 0 Å². The maximum Gasteiger partial charge on any atom is 1.00 e. The van der Waals surface area contributed by atoms with Crippen LogP contribution in [0.4, 0.5) is 0 Å². The molecule has 3 heteroatoms. The normalized spacial score (nSPS) is 10.7. The van der Waals surface area contributed by atoms with E-state index in [1.54, 1.807) is 0 Å². The minimum atomic E-state index is 0. The molecule has 2 nitrogen and oxygen atoms in total. The predicted molar refractivity (Wildman–Crippen MR) is 232 cm³/mol. The van der Waals surface area contributed by atoms with Gasteiger partial charge < -0.3 is 8.83 Å². The van der Waals surface area contributed by atoms with E-state index in [9.17, 15) is 0 Å². The van der Waals surface area contributed by atoms with Crippen LogP contribution in [0.25, 0.3) is 88.4 Å². The van der Waals surface area contributed by atoms with E-state index in [1.807, 2.05) is 84.9 Å². The smallest absolute Gasteiger partial charge is 0.455 e. The van der Waals surface area contributed by atoms with Gasteiger partial charge in [-0.05, 0) is 23.3 Å². The van der Waals surface area contributed by atoms with Crippen molar-refractivity contribution in [3.05, 3.63) is 231 Å². The number of rotatable bonds is 4. The maximum atomic E-state index is 6.03. The van der Waals surface area contributed by atoms with Gasteiger partial charge in [-0.25, -0.2) is 0 Å². The predicted octanol–water partition coefficient (Wildman–Crippen LogP) is 11.9. The number of fused-ring (bicyclic) bond motifs is 6. The molecule has 0 saturated carbocycles. The van der Waals surface area contributed by atoms with E-state index in [1.165, 1.54) is 38.2 Å². The van der Waals surface area contributed by atoms with Gasteiger partial charge in [0.25, 0.3) is 0 Å². The Bertz CT molecular complexity index is 2780. The minimum absolute atomic E-state index is 0. The fraction of sp³-hybridized carbons (Fsp3) is 0. The molecule has 0 aliphatic rings. The summed E-state index contributed by atoms with van der Waals surface area (Å²) in [5, 5.41) is 4.67. The summed E-state index contributed by atoms with van der Waals surface area (Å²) in [5.74, 6) is 0. The van der Waals surface area contributed by atoms with E-state index in [0.29, 0.717) is 0 Å². The Balaban J connectivity index is 0.000000119. The molecule has 0 aliphatic carbocycles. The van der Waals surface area contributed by atoms with Gasteiger partial charge in [0.2, 0.25) is 0 Å². The topological polar surface area (TPSA) is 26.3 Å². The number of para-hydroxylation sites is 4. The maximum absolute atomic E-state index is 6.03. The molecule has 0 fully saturated rings. The van der Waals surface area contributed by atoms with Crippen LogP contribution in [0.5, 0.6) is 0 Å². The molecule has 57 heavy (non-hydrogen) atoms. The van der Waals surface area contributed by atoms with Gasteiger partial charge in [0.05, 0.1) is 0 Å². The molecule has 0 spiro atoms. The Morgan fingerprint density at radius 2 is 0.737 bits per heavy atom. The van der Waals surface area contributed by atoms with Crippen molar-refractivity contribution < 1.29 is 38.4 Å². The van der Waals surface area contributed by atoms with E-state index in [0.717, 1.165) is 50.1 Å². The van der Waals surface area contributed by atoms with Crippen molar-refractivity contribution in [3.63, 3.8) is 0 Å². The van der Waals surface area contributed by atoms with Crippen molar-refractivity contribution in [2.75, 3.05) is 0 Å². The summed E-state index contributed by atoms with van der Waals surface area (Å²) in [5.41, 5.74) is 13.2. The average Bonchev–Trinajstić information content (AvgIpc) is 3.87. The van der Waals surface area contributed by atoms with Gasteiger partial charge in [-0.2, -0.15) is 60.7 Å². The second kappa shape index (κ2) is 17.6. The second-order valence-electron chi connectivity index (χ2n) is 13.4. The molecule has 0 aliphatic heterocycles. The molecule has 0 radical (unpaired) electrons. The van der Waals surface area contributed by atoms with Crippen LogP contribution < -0.4 is 29.6 Å². The summed E-state index contributed by atoms with van der Waals surface area (Å²) in [6.45, 7) is 0. The van der Waals surface area contributed by atoms with Gasteiger partial charge in [-0.3, -0.25) is 0 Å². The van der Waals surface area contributed by atoms with Crippen molar-refractivity contribution in [1.82, 2.24) is 0 Å². The zero-order valence-electron chi connectivity index (χ0n) is 31.5. The molecular formula is C54H35NaO2-2. The molecule has 0 bridgehead atoms. The van der Waals surface area contributed by atoms with Gasteiger partial charge in [0.1, 0.15) is 22.3 Å². The molecule has 2 heterocycles. The Kier molecular flexibility index (Phi) is 11.6. The fourth-order valence-corrected chi connectivity index (χ4v) is 7.13. The second-order valence-corrected chi connectivity index (χ2v) is 13.4. The molecular weight excluding hydrogens is 704 g/mol. The molecule has 266 valence electrons. The largest absolute Gasteiger partial charge is 1.00 e. The molecule has 0 N–H and O–H groups in total. The fourth-order valence-electron chi connectivity index (χ4n) is 7.13. The van der Waals surface area contributed by atoms with Gasteiger partial charge in [-0.1, -0.05) is 133 Å². The molecule has 0 amide bonds. The third-order valence-corrected chi connectivity index (χ3v) is 9.88. The Morgan fingerprint density at radius 1 is 0.298 bits per heavy atom. The van der Waals surface area contributed by atoms with Crippen molar-refractivity contribution >= 4 is 43.9 Å². The van der Waals surface area contributed by atoms with Crippen LogP contribution in [0.1, 0.15) is 0 Å². The van der Waals surface area contributed by atoms with Crippen molar-refractivity contribution in [3.8, 4) is 44.5 Å². The first kappa shape index (κ1) is 37.5. The first-order valence-corrected chi connectivity index (χ1v) is 18.7. The van der Waals surface area contributed by atoms with Crippen molar-refractivity contribution in [1.29, 1.82) is 0 Å². The van der Waals surface area contributed by atoms with Crippen LogP contribution in [0, 0.1) is 18.2 Å². The number of furan rings is 2. The third kappa shape index (κ3) is 8.12. The molecule has 2 aromatic heterocycles. The zero-order chi connectivity index (χ0) is 37.5. The quantitative estimate of drug-likeness (QED) is 0.133. The van der Waals surface area contributed by atoms with E-state index in [4.69, 9.17) is 8.83 Å². The van der Waals surface area contributed by atoms with Crippen LogP contribution in [0.2, 0.25) is 0 Å². The van der Waals surface area contributed by atoms with Crippen molar-refractivity contribution in [2.24, 2.45) is 0 Å². The molecule has 0 unspecified atom stereocenters. The zero-order valence-corrected chi connectivity index (χ0v) is 33.5. The summed E-state index contributed by atoms with van der Waals surface area (Å²) in [7, 11) is 0. The van der Waals surface area contributed by atoms with Crippen LogP contribution in [0.15, 0.2) is 221 Å². The standard InChI is InChI=1S/2C18H11O.C18H13.Na/c2*1-2-7-13(8-3-1)14-10-6-11-16-15-9-4-5-12-17(15)19-18(14)16;1-3-7-15(8-4-1)17-11-13-18(14-12-17)16-9-5-2-6-10-16;/h2*2-12H;1-9,11-14H;/q3*-1;+1. The summed E-state index contributed by atoms with van der Waals surface area (Å²) >= 11 is 0.